The average Bonchev–Trinajstić information content (AvgIpc) is 2.63. The molecule has 1 fully saturated rings. The molecule has 2 N–H and O–H groups in total. The first kappa shape index (κ1) is 16.7. The summed E-state index contributed by atoms with van der Waals surface area (Å²) in [4.78, 5) is 11.3. The van der Waals surface area contributed by atoms with Crippen molar-refractivity contribution in [2.24, 2.45) is 0 Å². The van der Waals surface area contributed by atoms with Gasteiger partial charge >= 0.3 is 0 Å². The number of anilines is 3. The normalized spacial score (nSPS) is 15.2. The van der Waals surface area contributed by atoms with Crippen LogP contribution in [0.1, 0.15) is 12.5 Å². The molecule has 2 heterocycles. The molecule has 0 spiro atoms. The van der Waals surface area contributed by atoms with Gasteiger partial charge in [0.05, 0.1) is 13.2 Å². The minimum atomic E-state index is 0.618. The van der Waals surface area contributed by atoms with E-state index in [1.165, 1.54) is 5.56 Å². The van der Waals surface area contributed by atoms with E-state index >= 15 is 0 Å². The molecule has 1 aliphatic heterocycles. The number of aromatic nitrogens is 2. The highest BCUT2D eigenvalue weighted by atomic mass is 16.5. The molecular formula is C18H25N5O. The molecule has 6 heteroatoms. The van der Waals surface area contributed by atoms with Crippen LogP contribution in [-0.2, 0) is 11.2 Å². The molecule has 0 saturated carbocycles. The van der Waals surface area contributed by atoms with Gasteiger partial charge < -0.3 is 15.4 Å². The lowest BCUT2D eigenvalue weighted by molar-refractivity contribution is 0.0398. The van der Waals surface area contributed by atoms with Gasteiger partial charge in [-0.05, 0) is 24.1 Å². The molecule has 1 aromatic heterocycles. The summed E-state index contributed by atoms with van der Waals surface area (Å²) in [6.07, 6.45) is 2.75. The fraction of sp³-hybridized carbons (Fsp3) is 0.444. The largest absolute Gasteiger partial charge is 0.379 e. The van der Waals surface area contributed by atoms with Gasteiger partial charge in [0.2, 0.25) is 5.95 Å². The molecule has 24 heavy (non-hydrogen) atoms. The van der Waals surface area contributed by atoms with E-state index in [0.29, 0.717) is 5.95 Å². The lowest BCUT2D eigenvalue weighted by Gasteiger charge is -2.26. The van der Waals surface area contributed by atoms with Crippen molar-refractivity contribution in [2.45, 2.75) is 13.3 Å². The van der Waals surface area contributed by atoms with Crippen LogP contribution in [0, 0.1) is 0 Å². The Labute approximate surface area is 143 Å². The predicted molar refractivity (Wildman–Crippen MR) is 96.9 cm³/mol. The van der Waals surface area contributed by atoms with Gasteiger partial charge in [0.15, 0.2) is 0 Å². The Bertz CT molecular complexity index is 643. The van der Waals surface area contributed by atoms with Crippen LogP contribution in [0.15, 0.2) is 36.5 Å². The summed E-state index contributed by atoms with van der Waals surface area (Å²) < 4.78 is 5.36. The molecular weight excluding hydrogens is 302 g/mol. The van der Waals surface area contributed by atoms with E-state index in [1.54, 1.807) is 6.20 Å². The molecule has 1 aromatic carbocycles. The van der Waals surface area contributed by atoms with Crippen LogP contribution in [0.3, 0.4) is 0 Å². The molecule has 0 unspecified atom stereocenters. The number of rotatable bonds is 7. The van der Waals surface area contributed by atoms with Gasteiger partial charge in [0.1, 0.15) is 5.82 Å². The Balaban J connectivity index is 1.55. The molecule has 0 aliphatic carbocycles. The third-order valence-corrected chi connectivity index (χ3v) is 4.14. The summed E-state index contributed by atoms with van der Waals surface area (Å²) in [5.41, 5.74) is 2.32. The molecule has 6 nitrogen and oxygen atoms in total. The number of nitrogens with one attached hydrogen (secondary N) is 2. The monoisotopic (exact) mass is 327 g/mol. The maximum Gasteiger partial charge on any atom is 0.229 e. The van der Waals surface area contributed by atoms with Gasteiger partial charge in [-0.3, -0.25) is 4.90 Å². The number of ether oxygens (including phenoxy) is 1. The first-order valence-corrected chi connectivity index (χ1v) is 8.57. The van der Waals surface area contributed by atoms with E-state index < -0.39 is 0 Å². The summed E-state index contributed by atoms with van der Waals surface area (Å²) in [7, 11) is 0. The first-order valence-electron chi connectivity index (χ1n) is 8.57. The quantitative estimate of drug-likeness (QED) is 0.815. The number of hydrogen-bond donors (Lipinski definition) is 2. The number of morpholine rings is 1. The van der Waals surface area contributed by atoms with Gasteiger partial charge in [0.25, 0.3) is 0 Å². The molecule has 1 saturated heterocycles. The number of hydrogen-bond acceptors (Lipinski definition) is 6. The van der Waals surface area contributed by atoms with Gasteiger partial charge in [-0.1, -0.05) is 25.1 Å². The molecule has 2 aromatic rings. The summed E-state index contributed by atoms with van der Waals surface area (Å²) in [5, 5.41) is 6.69. The third kappa shape index (κ3) is 4.66. The minimum absolute atomic E-state index is 0.618. The summed E-state index contributed by atoms with van der Waals surface area (Å²) in [6.45, 7) is 7.68. The van der Waals surface area contributed by atoms with E-state index in [9.17, 15) is 0 Å². The molecule has 128 valence electrons. The molecule has 0 amide bonds. The van der Waals surface area contributed by atoms with Crippen molar-refractivity contribution in [1.29, 1.82) is 0 Å². The Morgan fingerprint density at radius 3 is 2.83 bits per heavy atom. The summed E-state index contributed by atoms with van der Waals surface area (Å²) >= 11 is 0. The highest BCUT2D eigenvalue weighted by molar-refractivity contribution is 5.59. The average molecular weight is 327 g/mol. The van der Waals surface area contributed by atoms with Crippen molar-refractivity contribution in [3.05, 3.63) is 42.1 Å². The predicted octanol–water partition coefficient (Wildman–Crippen LogP) is 2.53. The molecule has 0 radical (unpaired) electrons. The second-order valence-corrected chi connectivity index (χ2v) is 5.78. The zero-order valence-corrected chi connectivity index (χ0v) is 14.2. The van der Waals surface area contributed by atoms with Crippen molar-refractivity contribution in [2.75, 3.05) is 50.0 Å². The molecule has 1 aliphatic rings. The van der Waals surface area contributed by atoms with Crippen LogP contribution in [0.2, 0.25) is 0 Å². The van der Waals surface area contributed by atoms with Crippen molar-refractivity contribution in [1.82, 2.24) is 14.9 Å². The van der Waals surface area contributed by atoms with Crippen LogP contribution >= 0.6 is 0 Å². The van der Waals surface area contributed by atoms with Crippen LogP contribution in [0.25, 0.3) is 0 Å². The number of nitrogens with zero attached hydrogens (tertiary/aromatic N) is 3. The van der Waals surface area contributed by atoms with Crippen molar-refractivity contribution >= 4 is 17.5 Å². The molecule has 0 atom stereocenters. The van der Waals surface area contributed by atoms with Crippen LogP contribution in [-0.4, -0.2) is 54.3 Å². The van der Waals surface area contributed by atoms with E-state index in [-0.39, 0.29) is 0 Å². The van der Waals surface area contributed by atoms with Crippen molar-refractivity contribution < 1.29 is 4.74 Å². The van der Waals surface area contributed by atoms with Crippen molar-refractivity contribution in [3.8, 4) is 0 Å². The Kier molecular flexibility index (Phi) is 5.98. The Morgan fingerprint density at radius 2 is 2.00 bits per heavy atom. The lowest BCUT2D eigenvalue weighted by Crippen LogP contribution is -2.39. The molecule has 0 bridgehead atoms. The van der Waals surface area contributed by atoms with Crippen LogP contribution in [0.4, 0.5) is 17.5 Å². The topological polar surface area (TPSA) is 62.3 Å². The van der Waals surface area contributed by atoms with E-state index in [0.717, 1.165) is 57.3 Å². The lowest BCUT2D eigenvalue weighted by atomic mass is 10.1. The zero-order valence-electron chi connectivity index (χ0n) is 14.2. The van der Waals surface area contributed by atoms with Gasteiger partial charge in [-0.2, -0.15) is 4.98 Å². The number of aryl methyl sites for hydroxylation is 1. The standard InChI is InChI=1S/C18H25N5O/c1-2-15-5-3-4-6-16(15)21-18-20-8-7-17(22-18)19-9-10-23-11-13-24-14-12-23/h3-8H,2,9-14H2,1H3,(H2,19,20,21,22). The van der Waals surface area contributed by atoms with Crippen molar-refractivity contribution in [3.63, 3.8) is 0 Å². The van der Waals surface area contributed by atoms with Gasteiger partial charge in [-0.15, -0.1) is 0 Å². The van der Waals surface area contributed by atoms with E-state index in [4.69, 9.17) is 4.74 Å². The minimum Gasteiger partial charge on any atom is -0.379 e. The van der Waals surface area contributed by atoms with Gasteiger partial charge in [0, 0.05) is 38.1 Å². The summed E-state index contributed by atoms with van der Waals surface area (Å²) in [5.74, 6) is 1.46. The van der Waals surface area contributed by atoms with Crippen LogP contribution < -0.4 is 10.6 Å². The SMILES string of the molecule is CCc1ccccc1Nc1nccc(NCCN2CCOCC2)n1. The Hall–Kier alpha value is -2.18. The second kappa shape index (κ2) is 8.61. The highest BCUT2D eigenvalue weighted by Gasteiger charge is 2.09. The maximum absolute atomic E-state index is 5.36. The maximum atomic E-state index is 5.36. The fourth-order valence-electron chi connectivity index (χ4n) is 2.76. The number of benzene rings is 1. The second-order valence-electron chi connectivity index (χ2n) is 5.78. The summed E-state index contributed by atoms with van der Waals surface area (Å²) in [6, 6.07) is 10.1. The number of para-hydroxylation sites is 1. The smallest absolute Gasteiger partial charge is 0.229 e. The fourth-order valence-corrected chi connectivity index (χ4v) is 2.76. The third-order valence-electron chi connectivity index (χ3n) is 4.14. The van der Waals surface area contributed by atoms with E-state index in [2.05, 4.69) is 50.6 Å². The zero-order chi connectivity index (χ0) is 16.6. The Morgan fingerprint density at radius 1 is 1.17 bits per heavy atom. The van der Waals surface area contributed by atoms with Gasteiger partial charge in [-0.25, -0.2) is 4.98 Å². The highest BCUT2D eigenvalue weighted by Crippen LogP contribution is 2.19. The van der Waals surface area contributed by atoms with E-state index in [1.807, 2.05) is 12.1 Å². The molecule has 3 rings (SSSR count). The van der Waals surface area contributed by atoms with Crippen LogP contribution in [0.5, 0.6) is 0 Å². The first-order chi connectivity index (χ1) is 11.8.